The SMILES string of the molecule is CCS(=O)(=O)N1CCC(CCc2nc3cnc(-c4c(OC)ncnc4C4CC4)nc3n(C(C)C)c2=O)CC1. The van der Waals surface area contributed by atoms with Crippen LogP contribution in [-0.4, -0.2) is 68.2 Å². The number of fused-ring (bicyclic) bond motifs is 1. The fraction of sp³-hybridized carbons (Fsp3) is 0.615. The number of hydrogen-bond donors (Lipinski definition) is 0. The fourth-order valence-electron chi connectivity index (χ4n) is 5.23. The Morgan fingerprint density at radius 1 is 1.08 bits per heavy atom. The summed E-state index contributed by atoms with van der Waals surface area (Å²) in [5, 5.41) is 0. The summed E-state index contributed by atoms with van der Waals surface area (Å²) in [5.74, 6) is 1.66. The lowest BCUT2D eigenvalue weighted by Gasteiger charge is -2.30. The molecule has 0 radical (unpaired) electrons. The molecule has 0 atom stereocenters. The van der Waals surface area contributed by atoms with Gasteiger partial charge >= 0.3 is 0 Å². The quantitative estimate of drug-likeness (QED) is 0.401. The van der Waals surface area contributed by atoms with Crippen LogP contribution in [0.3, 0.4) is 0 Å². The zero-order chi connectivity index (χ0) is 27.0. The normalized spacial score (nSPS) is 17.4. The first kappa shape index (κ1) is 26.6. The number of sulfonamides is 1. The Kier molecular flexibility index (Phi) is 7.45. The van der Waals surface area contributed by atoms with Crippen molar-refractivity contribution in [3.8, 4) is 17.3 Å². The standard InChI is InChI=1S/C26H35N7O4S/c1-5-38(35,36)32-12-10-17(11-13-32)6-9-19-26(34)33(16(2)3)24-20(30-19)14-27-23(31-24)21-22(18-7-8-18)28-15-29-25(21)37-4/h14-18H,5-13H2,1-4H3. The van der Waals surface area contributed by atoms with Crippen molar-refractivity contribution in [2.45, 2.75) is 71.3 Å². The molecule has 11 nitrogen and oxygen atoms in total. The highest BCUT2D eigenvalue weighted by molar-refractivity contribution is 7.89. The number of nitrogens with zero attached hydrogens (tertiary/aromatic N) is 7. The number of hydrogen-bond acceptors (Lipinski definition) is 9. The minimum Gasteiger partial charge on any atom is -0.480 e. The molecule has 0 spiro atoms. The number of rotatable bonds is 9. The number of piperidine rings is 1. The van der Waals surface area contributed by atoms with Crippen LogP contribution < -0.4 is 10.3 Å². The Balaban J connectivity index is 1.44. The molecule has 1 saturated carbocycles. The highest BCUT2D eigenvalue weighted by Gasteiger charge is 2.32. The maximum atomic E-state index is 13.6. The molecule has 0 N–H and O–H groups in total. The van der Waals surface area contributed by atoms with E-state index in [9.17, 15) is 13.2 Å². The summed E-state index contributed by atoms with van der Waals surface area (Å²) in [7, 11) is -1.59. The van der Waals surface area contributed by atoms with Crippen LogP contribution in [0.5, 0.6) is 5.88 Å². The third-order valence-electron chi connectivity index (χ3n) is 7.56. The van der Waals surface area contributed by atoms with Crippen molar-refractivity contribution in [1.82, 2.24) is 33.8 Å². The van der Waals surface area contributed by atoms with Gasteiger partial charge in [-0.1, -0.05) is 0 Å². The Bertz CT molecular complexity index is 1490. The highest BCUT2D eigenvalue weighted by Crippen LogP contribution is 2.44. The molecular formula is C26H35N7O4S. The molecular weight excluding hydrogens is 506 g/mol. The molecule has 4 heterocycles. The second-order valence-electron chi connectivity index (χ2n) is 10.4. The van der Waals surface area contributed by atoms with Gasteiger partial charge in [0.2, 0.25) is 15.9 Å². The van der Waals surface area contributed by atoms with Crippen molar-refractivity contribution in [3.63, 3.8) is 0 Å². The minimum atomic E-state index is -3.15. The summed E-state index contributed by atoms with van der Waals surface area (Å²) in [6.45, 7) is 6.66. The number of methoxy groups -OCH3 is 1. The number of aromatic nitrogens is 6. The maximum Gasteiger partial charge on any atom is 0.274 e. The average Bonchev–Trinajstić information content (AvgIpc) is 3.77. The first-order valence-corrected chi connectivity index (χ1v) is 15.0. The van der Waals surface area contributed by atoms with Crippen LogP contribution in [0.2, 0.25) is 0 Å². The van der Waals surface area contributed by atoms with Gasteiger partial charge in [-0.25, -0.2) is 37.6 Å². The second-order valence-corrected chi connectivity index (χ2v) is 12.7. The van der Waals surface area contributed by atoms with E-state index in [4.69, 9.17) is 9.72 Å². The van der Waals surface area contributed by atoms with Crippen molar-refractivity contribution in [2.24, 2.45) is 5.92 Å². The van der Waals surface area contributed by atoms with E-state index in [-0.39, 0.29) is 17.4 Å². The topological polar surface area (TPSA) is 133 Å². The predicted octanol–water partition coefficient (Wildman–Crippen LogP) is 3.10. The van der Waals surface area contributed by atoms with Gasteiger partial charge in [0.15, 0.2) is 11.5 Å². The van der Waals surface area contributed by atoms with Gasteiger partial charge in [0.1, 0.15) is 23.1 Å². The van der Waals surface area contributed by atoms with E-state index in [2.05, 4.69) is 19.9 Å². The summed E-state index contributed by atoms with van der Waals surface area (Å²) in [6, 6.07) is -0.131. The molecule has 1 saturated heterocycles. The monoisotopic (exact) mass is 541 g/mol. The van der Waals surface area contributed by atoms with Crippen LogP contribution in [0, 0.1) is 5.92 Å². The van der Waals surface area contributed by atoms with Crippen molar-refractivity contribution in [1.29, 1.82) is 0 Å². The van der Waals surface area contributed by atoms with Gasteiger partial charge < -0.3 is 4.74 Å². The number of ether oxygens (including phenoxy) is 1. The molecule has 3 aromatic heterocycles. The summed E-state index contributed by atoms with van der Waals surface area (Å²) in [6.07, 6.45) is 8.17. The molecule has 0 aromatic carbocycles. The second kappa shape index (κ2) is 10.6. The van der Waals surface area contributed by atoms with E-state index in [0.29, 0.717) is 65.5 Å². The smallest absolute Gasteiger partial charge is 0.274 e. The van der Waals surface area contributed by atoms with Crippen LogP contribution in [0.15, 0.2) is 17.3 Å². The van der Waals surface area contributed by atoms with Crippen LogP contribution >= 0.6 is 0 Å². The first-order chi connectivity index (χ1) is 18.2. The molecule has 12 heteroatoms. The molecule has 0 unspecified atom stereocenters. The zero-order valence-electron chi connectivity index (χ0n) is 22.4. The van der Waals surface area contributed by atoms with Gasteiger partial charge in [-0.05, 0) is 65.2 Å². The lowest BCUT2D eigenvalue weighted by atomic mass is 9.92. The third kappa shape index (κ3) is 5.15. The summed E-state index contributed by atoms with van der Waals surface area (Å²) in [5.41, 5.74) is 2.92. The van der Waals surface area contributed by atoms with Gasteiger partial charge in [-0.3, -0.25) is 9.36 Å². The van der Waals surface area contributed by atoms with Crippen molar-refractivity contribution in [3.05, 3.63) is 34.3 Å². The third-order valence-corrected chi connectivity index (χ3v) is 9.44. The van der Waals surface area contributed by atoms with Crippen molar-refractivity contribution >= 4 is 21.2 Å². The lowest BCUT2D eigenvalue weighted by Crippen LogP contribution is -2.39. The van der Waals surface area contributed by atoms with Crippen LogP contribution in [0.4, 0.5) is 0 Å². The Labute approximate surface area is 222 Å². The van der Waals surface area contributed by atoms with E-state index < -0.39 is 10.0 Å². The molecule has 0 amide bonds. The van der Waals surface area contributed by atoms with E-state index in [1.807, 2.05) is 13.8 Å². The van der Waals surface area contributed by atoms with E-state index in [1.54, 1.807) is 29.1 Å². The molecule has 38 heavy (non-hydrogen) atoms. The van der Waals surface area contributed by atoms with Crippen molar-refractivity contribution < 1.29 is 13.2 Å². The Morgan fingerprint density at radius 3 is 2.45 bits per heavy atom. The lowest BCUT2D eigenvalue weighted by molar-refractivity contribution is 0.263. The average molecular weight is 542 g/mol. The van der Waals surface area contributed by atoms with E-state index in [1.165, 1.54) is 6.33 Å². The van der Waals surface area contributed by atoms with Crippen LogP contribution in [-0.2, 0) is 16.4 Å². The molecule has 204 valence electrons. The van der Waals surface area contributed by atoms with E-state index in [0.717, 1.165) is 37.8 Å². The minimum absolute atomic E-state index is 0.128. The van der Waals surface area contributed by atoms with Crippen LogP contribution in [0.25, 0.3) is 22.6 Å². The molecule has 1 aliphatic carbocycles. The highest BCUT2D eigenvalue weighted by atomic mass is 32.2. The Hall–Kier alpha value is -2.99. The fourth-order valence-corrected chi connectivity index (χ4v) is 6.36. The van der Waals surface area contributed by atoms with Gasteiger partial charge in [0.05, 0.1) is 24.8 Å². The summed E-state index contributed by atoms with van der Waals surface area (Å²) in [4.78, 5) is 36.4. The Morgan fingerprint density at radius 2 is 1.82 bits per heavy atom. The molecule has 1 aliphatic heterocycles. The predicted molar refractivity (Wildman–Crippen MR) is 144 cm³/mol. The maximum absolute atomic E-state index is 13.6. The van der Waals surface area contributed by atoms with E-state index >= 15 is 0 Å². The zero-order valence-corrected chi connectivity index (χ0v) is 23.2. The van der Waals surface area contributed by atoms with Crippen molar-refractivity contribution in [2.75, 3.05) is 26.0 Å². The van der Waals surface area contributed by atoms with Gasteiger partial charge in [-0.15, -0.1) is 0 Å². The molecule has 5 rings (SSSR count). The summed E-state index contributed by atoms with van der Waals surface area (Å²) >= 11 is 0. The first-order valence-electron chi connectivity index (χ1n) is 13.4. The number of aryl methyl sites for hydroxylation is 1. The largest absolute Gasteiger partial charge is 0.480 e. The van der Waals surface area contributed by atoms with Gasteiger partial charge in [0.25, 0.3) is 5.56 Å². The van der Waals surface area contributed by atoms with Gasteiger partial charge in [0, 0.05) is 25.0 Å². The molecule has 2 fully saturated rings. The van der Waals surface area contributed by atoms with Crippen LogP contribution in [0.1, 0.15) is 76.2 Å². The van der Waals surface area contributed by atoms with Gasteiger partial charge in [-0.2, -0.15) is 0 Å². The summed E-state index contributed by atoms with van der Waals surface area (Å²) < 4.78 is 33.1. The molecule has 3 aromatic rings. The molecule has 0 bridgehead atoms. The molecule has 2 aliphatic rings.